The van der Waals surface area contributed by atoms with Crippen LogP contribution in [0.3, 0.4) is 0 Å². The van der Waals surface area contributed by atoms with Crippen LogP contribution in [0.25, 0.3) is 33.0 Å². The molecule has 0 heterocycles. The lowest BCUT2D eigenvalue weighted by molar-refractivity contribution is 0.277. The summed E-state index contributed by atoms with van der Waals surface area (Å²) in [5, 5.41) is 3.00. The van der Waals surface area contributed by atoms with Crippen LogP contribution in [-0.4, -0.2) is 0 Å². The van der Waals surface area contributed by atoms with Crippen molar-refractivity contribution < 1.29 is 0 Å². The zero-order chi connectivity index (χ0) is 35.8. The lowest BCUT2D eigenvalue weighted by Gasteiger charge is -2.47. The molecular weight excluding hydrogens is 601 g/mol. The van der Waals surface area contributed by atoms with E-state index < -0.39 is 0 Å². The molecule has 1 spiro atoms. The van der Waals surface area contributed by atoms with Gasteiger partial charge < -0.3 is 0 Å². The maximum Gasteiger partial charge on any atom is 0.0264 e. The highest BCUT2D eigenvalue weighted by Gasteiger charge is 2.53. The SMILES string of the molecule is Cc1cc(C)c2c(C)cc3c(c2c1)C1(CC(C(C)C)=C(C(C)C)C(C(C)C)C1)c1ccc2c(c1-3)C1=C(c3cc(CC(C)C)ccc3C1)C2(C)C. The van der Waals surface area contributed by atoms with Crippen molar-refractivity contribution in [3.8, 4) is 11.1 Å². The van der Waals surface area contributed by atoms with E-state index in [0.29, 0.717) is 29.6 Å². The standard InChI is InChI=1S/C50H60/c1-26(2)18-33-14-15-34-23-38-45-41(49(12,13)47(38)35(34)22-33)16-17-42-46(45)37-21-32(11)44-31(10)19-30(9)20-36(44)48(37)50(42)24-39(27(3)4)43(29(7)8)40(25-50)28(5)6/h14-17,19-22,26-29,39H,18,23-25H2,1-13H3. The lowest BCUT2D eigenvalue weighted by Crippen LogP contribution is -2.38. The highest BCUT2D eigenvalue weighted by Crippen LogP contribution is 2.67. The average Bonchev–Trinajstić information content (AvgIpc) is 3.60. The van der Waals surface area contributed by atoms with Crippen LogP contribution >= 0.6 is 0 Å². The average molecular weight is 661 g/mol. The van der Waals surface area contributed by atoms with Crippen molar-refractivity contribution in [2.75, 3.05) is 0 Å². The summed E-state index contributed by atoms with van der Waals surface area (Å²) in [6, 6.07) is 20.2. The predicted molar refractivity (Wildman–Crippen MR) is 217 cm³/mol. The number of hydrogen-bond acceptors (Lipinski definition) is 0. The van der Waals surface area contributed by atoms with Gasteiger partial charge in [-0.15, -0.1) is 0 Å². The first kappa shape index (κ1) is 33.7. The van der Waals surface area contributed by atoms with E-state index in [0.717, 1.165) is 19.3 Å². The molecule has 260 valence electrons. The zero-order valence-electron chi connectivity index (χ0n) is 33.3. The topological polar surface area (TPSA) is 0 Å². The molecular formula is C50H60. The van der Waals surface area contributed by atoms with E-state index in [1.165, 1.54) is 56.1 Å². The van der Waals surface area contributed by atoms with Gasteiger partial charge in [0.25, 0.3) is 0 Å². The van der Waals surface area contributed by atoms with E-state index in [-0.39, 0.29) is 10.8 Å². The molecule has 4 aromatic rings. The number of fused-ring (bicyclic) bond motifs is 12. The summed E-state index contributed by atoms with van der Waals surface area (Å²) in [4.78, 5) is 0. The lowest BCUT2D eigenvalue weighted by atomic mass is 9.57. The number of rotatable bonds is 5. The first-order valence-corrected chi connectivity index (χ1v) is 19.9. The Morgan fingerprint density at radius 2 is 1.44 bits per heavy atom. The normalized spacial score (nSPS) is 21.7. The van der Waals surface area contributed by atoms with Crippen molar-refractivity contribution in [2.24, 2.45) is 29.6 Å². The van der Waals surface area contributed by atoms with Crippen molar-refractivity contribution in [2.45, 2.75) is 127 Å². The molecule has 0 N–H and O–H groups in total. The summed E-state index contributed by atoms with van der Waals surface area (Å²) < 4.78 is 0. The Balaban J connectivity index is 1.48. The van der Waals surface area contributed by atoms with Gasteiger partial charge in [-0.3, -0.25) is 0 Å². The molecule has 0 fully saturated rings. The molecule has 0 bridgehead atoms. The third-order valence-electron chi connectivity index (χ3n) is 13.6. The first-order chi connectivity index (χ1) is 23.6. The second kappa shape index (κ2) is 11.3. The third-order valence-corrected chi connectivity index (χ3v) is 13.6. The molecule has 4 aromatic carbocycles. The Hall–Kier alpha value is -3.38. The molecule has 0 aliphatic heterocycles. The highest BCUT2D eigenvalue weighted by atomic mass is 14.6. The van der Waals surface area contributed by atoms with Crippen molar-refractivity contribution in [3.05, 3.63) is 115 Å². The molecule has 4 aliphatic carbocycles. The first-order valence-electron chi connectivity index (χ1n) is 19.9. The van der Waals surface area contributed by atoms with Gasteiger partial charge in [0.15, 0.2) is 0 Å². The van der Waals surface area contributed by atoms with Crippen molar-refractivity contribution in [1.29, 1.82) is 0 Å². The summed E-state index contributed by atoms with van der Waals surface area (Å²) in [7, 11) is 0. The third kappa shape index (κ3) is 4.55. The van der Waals surface area contributed by atoms with Gasteiger partial charge in [-0.1, -0.05) is 134 Å². The van der Waals surface area contributed by atoms with Crippen molar-refractivity contribution >= 4 is 21.9 Å². The van der Waals surface area contributed by atoms with Crippen LogP contribution in [-0.2, 0) is 23.7 Å². The fraction of sp³-hybridized carbons (Fsp3) is 0.480. The molecule has 0 saturated heterocycles. The van der Waals surface area contributed by atoms with Gasteiger partial charge in [0.2, 0.25) is 0 Å². The fourth-order valence-corrected chi connectivity index (χ4v) is 11.8. The summed E-state index contributed by atoms with van der Waals surface area (Å²) in [5.74, 6) is 2.92. The van der Waals surface area contributed by atoms with E-state index in [1.54, 1.807) is 50.1 Å². The molecule has 2 atom stereocenters. The van der Waals surface area contributed by atoms with Crippen LogP contribution < -0.4 is 0 Å². The Morgan fingerprint density at radius 3 is 2.10 bits per heavy atom. The van der Waals surface area contributed by atoms with Gasteiger partial charge in [-0.05, 0) is 159 Å². The number of benzene rings is 4. The van der Waals surface area contributed by atoms with Crippen LogP contribution in [0.5, 0.6) is 0 Å². The molecule has 0 amide bonds. The van der Waals surface area contributed by atoms with E-state index >= 15 is 0 Å². The van der Waals surface area contributed by atoms with Gasteiger partial charge in [-0.25, -0.2) is 0 Å². The van der Waals surface area contributed by atoms with Gasteiger partial charge in [-0.2, -0.15) is 0 Å². The Morgan fingerprint density at radius 1 is 0.740 bits per heavy atom. The Bertz CT molecular complexity index is 2170. The molecule has 0 saturated carbocycles. The van der Waals surface area contributed by atoms with E-state index in [2.05, 4.69) is 139 Å². The molecule has 0 radical (unpaired) electrons. The molecule has 4 aliphatic rings. The number of allylic oxidation sites excluding steroid dienone is 4. The van der Waals surface area contributed by atoms with Crippen molar-refractivity contribution in [3.63, 3.8) is 0 Å². The highest BCUT2D eigenvalue weighted by molar-refractivity contribution is 6.12. The summed E-state index contributed by atoms with van der Waals surface area (Å²) in [6.45, 7) is 31.6. The molecule has 0 nitrogen and oxygen atoms in total. The van der Waals surface area contributed by atoms with Gasteiger partial charge in [0, 0.05) is 10.8 Å². The van der Waals surface area contributed by atoms with Crippen LogP contribution in [0.4, 0.5) is 0 Å². The summed E-state index contributed by atoms with van der Waals surface area (Å²) in [6.07, 6.45) is 4.53. The number of hydrogen-bond donors (Lipinski definition) is 0. The van der Waals surface area contributed by atoms with Crippen LogP contribution in [0.1, 0.15) is 138 Å². The van der Waals surface area contributed by atoms with Crippen molar-refractivity contribution in [1.82, 2.24) is 0 Å². The minimum absolute atomic E-state index is 0.0305. The van der Waals surface area contributed by atoms with E-state index in [9.17, 15) is 0 Å². The van der Waals surface area contributed by atoms with Gasteiger partial charge >= 0.3 is 0 Å². The summed E-state index contributed by atoms with van der Waals surface area (Å²) in [5.41, 5.74) is 24.9. The molecule has 50 heavy (non-hydrogen) atoms. The van der Waals surface area contributed by atoms with Gasteiger partial charge in [0.1, 0.15) is 0 Å². The van der Waals surface area contributed by atoms with Gasteiger partial charge in [0.05, 0.1) is 0 Å². The maximum absolute atomic E-state index is 2.63. The minimum Gasteiger partial charge on any atom is -0.0667 e. The second-order valence-corrected chi connectivity index (χ2v) is 18.9. The van der Waals surface area contributed by atoms with Crippen LogP contribution in [0, 0.1) is 50.4 Å². The van der Waals surface area contributed by atoms with E-state index in [1.807, 2.05) is 0 Å². The largest absolute Gasteiger partial charge is 0.0667 e. The quantitative estimate of drug-likeness (QED) is 0.187. The summed E-state index contributed by atoms with van der Waals surface area (Å²) >= 11 is 0. The maximum atomic E-state index is 2.63. The smallest absolute Gasteiger partial charge is 0.0264 e. The molecule has 0 aromatic heterocycles. The molecule has 0 heteroatoms. The number of aryl methyl sites for hydroxylation is 3. The minimum atomic E-state index is -0.0395. The van der Waals surface area contributed by atoms with Crippen LogP contribution in [0.2, 0.25) is 0 Å². The Labute approximate surface area is 303 Å². The van der Waals surface area contributed by atoms with Crippen LogP contribution in [0.15, 0.2) is 59.7 Å². The second-order valence-electron chi connectivity index (χ2n) is 18.9. The molecule has 2 unspecified atom stereocenters. The molecule has 8 rings (SSSR count). The van der Waals surface area contributed by atoms with E-state index in [4.69, 9.17) is 0 Å². The zero-order valence-corrected chi connectivity index (χ0v) is 33.3. The Kier molecular flexibility index (Phi) is 7.63. The predicted octanol–water partition coefficient (Wildman–Crippen LogP) is 13.7. The monoisotopic (exact) mass is 660 g/mol. The fourth-order valence-electron chi connectivity index (χ4n) is 11.8.